The second-order valence-electron chi connectivity index (χ2n) is 5.33. The SMILES string of the molecule is COCCCn1c(C)ccc(CNCC(C)C)c1=O. The summed E-state index contributed by atoms with van der Waals surface area (Å²) in [4.78, 5) is 12.3. The van der Waals surface area contributed by atoms with E-state index in [9.17, 15) is 4.79 Å². The van der Waals surface area contributed by atoms with E-state index in [0.29, 0.717) is 19.1 Å². The predicted molar refractivity (Wildman–Crippen MR) is 78.5 cm³/mol. The number of nitrogens with zero attached hydrogens (tertiary/aromatic N) is 1. The van der Waals surface area contributed by atoms with Crippen LogP contribution < -0.4 is 10.9 Å². The number of methoxy groups -OCH3 is 1. The first-order chi connectivity index (χ1) is 9.06. The third-order valence-electron chi connectivity index (χ3n) is 3.07. The zero-order valence-electron chi connectivity index (χ0n) is 12.5. The average molecular weight is 266 g/mol. The Morgan fingerprint density at radius 1 is 1.37 bits per heavy atom. The summed E-state index contributed by atoms with van der Waals surface area (Å²) >= 11 is 0. The third-order valence-corrected chi connectivity index (χ3v) is 3.07. The van der Waals surface area contributed by atoms with Crippen LogP contribution in [0.15, 0.2) is 16.9 Å². The molecule has 0 amide bonds. The Morgan fingerprint density at radius 3 is 2.74 bits per heavy atom. The Morgan fingerprint density at radius 2 is 2.11 bits per heavy atom. The molecule has 108 valence electrons. The van der Waals surface area contributed by atoms with Crippen LogP contribution in [0.3, 0.4) is 0 Å². The molecule has 19 heavy (non-hydrogen) atoms. The molecule has 0 aliphatic heterocycles. The summed E-state index contributed by atoms with van der Waals surface area (Å²) in [5, 5.41) is 3.32. The van der Waals surface area contributed by atoms with E-state index in [1.807, 2.05) is 23.6 Å². The van der Waals surface area contributed by atoms with Gasteiger partial charge in [-0.25, -0.2) is 0 Å². The monoisotopic (exact) mass is 266 g/mol. The minimum Gasteiger partial charge on any atom is -0.385 e. The molecule has 0 radical (unpaired) electrons. The van der Waals surface area contributed by atoms with Crippen molar-refractivity contribution in [3.8, 4) is 0 Å². The van der Waals surface area contributed by atoms with Gasteiger partial charge in [0.1, 0.15) is 0 Å². The van der Waals surface area contributed by atoms with Crippen molar-refractivity contribution in [2.45, 2.75) is 40.3 Å². The summed E-state index contributed by atoms with van der Waals surface area (Å²) in [7, 11) is 1.68. The Balaban J connectivity index is 2.72. The zero-order valence-corrected chi connectivity index (χ0v) is 12.5. The van der Waals surface area contributed by atoms with Crippen molar-refractivity contribution in [1.82, 2.24) is 9.88 Å². The molecule has 0 aromatic carbocycles. The number of aromatic nitrogens is 1. The Kier molecular flexibility index (Phi) is 6.81. The topological polar surface area (TPSA) is 43.3 Å². The van der Waals surface area contributed by atoms with Crippen LogP contribution in [0.4, 0.5) is 0 Å². The average Bonchev–Trinajstić information content (AvgIpc) is 2.36. The van der Waals surface area contributed by atoms with Crippen molar-refractivity contribution in [3.63, 3.8) is 0 Å². The maximum atomic E-state index is 12.3. The molecule has 0 aliphatic carbocycles. The molecule has 0 spiro atoms. The van der Waals surface area contributed by atoms with Gasteiger partial charge < -0.3 is 14.6 Å². The van der Waals surface area contributed by atoms with Gasteiger partial charge in [0.2, 0.25) is 0 Å². The molecule has 4 nitrogen and oxygen atoms in total. The van der Waals surface area contributed by atoms with Crippen LogP contribution in [0, 0.1) is 12.8 Å². The van der Waals surface area contributed by atoms with Crippen molar-refractivity contribution < 1.29 is 4.74 Å². The van der Waals surface area contributed by atoms with E-state index in [1.165, 1.54) is 0 Å². The van der Waals surface area contributed by atoms with Gasteiger partial charge in [-0.1, -0.05) is 19.9 Å². The lowest BCUT2D eigenvalue weighted by molar-refractivity contribution is 0.189. The molecule has 0 bridgehead atoms. The van der Waals surface area contributed by atoms with E-state index in [0.717, 1.165) is 30.8 Å². The van der Waals surface area contributed by atoms with Crippen LogP contribution in [-0.4, -0.2) is 24.8 Å². The first kappa shape index (κ1) is 15.9. The van der Waals surface area contributed by atoms with E-state index in [2.05, 4.69) is 19.2 Å². The predicted octanol–water partition coefficient (Wildman–Crippen LogP) is 1.94. The van der Waals surface area contributed by atoms with Gasteiger partial charge in [-0.2, -0.15) is 0 Å². The maximum absolute atomic E-state index is 12.3. The molecule has 1 N–H and O–H groups in total. The van der Waals surface area contributed by atoms with Gasteiger partial charge in [0.15, 0.2) is 0 Å². The summed E-state index contributed by atoms with van der Waals surface area (Å²) in [6.45, 7) is 9.26. The minimum atomic E-state index is 0.118. The van der Waals surface area contributed by atoms with Crippen LogP contribution in [0.2, 0.25) is 0 Å². The maximum Gasteiger partial charge on any atom is 0.255 e. The summed E-state index contributed by atoms with van der Waals surface area (Å²) in [5.41, 5.74) is 1.96. The standard InChI is InChI=1S/C15H26N2O2/c1-12(2)10-16-11-14-7-6-13(3)17(15(14)18)8-5-9-19-4/h6-7,12,16H,5,8-11H2,1-4H3. The van der Waals surface area contributed by atoms with Crippen LogP contribution in [0.1, 0.15) is 31.5 Å². The molecule has 0 saturated heterocycles. The molecule has 0 fully saturated rings. The number of pyridine rings is 1. The van der Waals surface area contributed by atoms with Gasteiger partial charge in [0.25, 0.3) is 5.56 Å². The fourth-order valence-electron chi connectivity index (χ4n) is 1.99. The molecular weight excluding hydrogens is 240 g/mol. The summed E-state index contributed by atoms with van der Waals surface area (Å²) in [6.07, 6.45) is 0.861. The van der Waals surface area contributed by atoms with E-state index < -0.39 is 0 Å². The van der Waals surface area contributed by atoms with Crippen LogP contribution in [-0.2, 0) is 17.8 Å². The summed E-state index contributed by atoms with van der Waals surface area (Å²) in [5.74, 6) is 0.592. The van der Waals surface area contributed by atoms with E-state index in [4.69, 9.17) is 4.74 Å². The smallest absolute Gasteiger partial charge is 0.255 e. The second kappa shape index (κ2) is 8.12. The van der Waals surface area contributed by atoms with Gasteiger partial charge in [-0.3, -0.25) is 4.79 Å². The molecule has 1 aromatic heterocycles. The van der Waals surface area contributed by atoms with E-state index >= 15 is 0 Å². The van der Waals surface area contributed by atoms with Gasteiger partial charge in [-0.15, -0.1) is 0 Å². The van der Waals surface area contributed by atoms with Crippen LogP contribution >= 0.6 is 0 Å². The van der Waals surface area contributed by atoms with E-state index in [1.54, 1.807) is 7.11 Å². The van der Waals surface area contributed by atoms with Crippen molar-refractivity contribution >= 4 is 0 Å². The summed E-state index contributed by atoms with van der Waals surface area (Å²) in [6, 6.07) is 3.94. The number of nitrogens with one attached hydrogen (secondary N) is 1. The van der Waals surface area contributed by atoms with Crippen molar-refractivity contribution in [2.75, 3.05) is 20.3 Å². The zero-order chi connectivity index (χ0) is 14.3. The second-order valence-corrected chi connectivity index (χ2v) is 5.33. The fraction of sp³-hybridized carbons (Fsp3) is 0.667. The molecule has 0 aliphatic rings. The van der Waals surface area contributed by atoms with Crippen molar-refractivity contribution in [3.05, 3.63) is 33.7 Å². The first-order valence-electron chi connectivity index (χ1n) is 6.95. The largest absolute Gasteiger partial charge is 0.385 e. The lowest BCUT2D eigenvalue weighted by atomic mass is 10.2. The summed E-state index contributed by atoms with van der Waals surface area (Å²) < 4.78 is 6.88. The minimum absolute atomic E-state index is 0.118. The number of hydrogen-bond acceptors (Lipinski definition) is 3. The molecule has 0 atom stereocenters. The highest BCUT2D eigenvalue weighted by molar-refractivity contribution is 5.15. The molecule has 0 saturated carbocycles. The fourth-order valence-corrected chi connectivity index (χ4v) is 1.99. The Bertz CT molecular complexity index is 438. The first-order valence-corrected chi connectivity index (χ1v) is 6.95. The van der Waals surface area contributed by atoms with Gasteiger partial charge in [-0.05, 0) is 31.9 Å². The molecule has 1 aromatic rings. The van der Waals surface area contributed by atoms with Crippen molar-refractivity contribution in [1.29, 1.82) is 0 Å². The normalized spacial score (nSPS) is 11.2. The lowest BCUT2D eigenvalue weighted by Crippen LogP contribution is -2.30. The quantitative estimate of drug-likeness (QED) is 0.731. The number of rotatable bonds is 8. The molecule has 1 heterocycles. The Labute approximate surface area is 115 Å². The van der Waals surface area contributed by atoms with Crippen LogP contribution in [0.25, 0.3) is 0 Å². The number of ether oxygens (including phenoxy) is 1. The van der Waals surface area contributed by atoms with Crippen molar-refractivity contribution in [2.24, 2.45) is 5.92 Å². The molecule has 1 rings (SSSR count). The van der Waals surface area contributed by atoms with Gasteiger partial charge >= 0.3 is 0 Å². The van der Waals surface area contributed by atoms with E-state index in [-0.39, 0.29) is 5.56 Å². The highest BCUT2D eigenvalue weighted by Gasteiger charge is 2.06. The highest BCUT2D eigenvalue weighted by atomic mass is 16.5. The van der Waals surface area contributed by atoms with Gasteiger partial charge in [0.05, 0.1) is 0 Å². The third kappa shape index (κ3) is 5.17. The molecular formula is C15H26N2O2. The lowest BCUT2D eigenvalue weighted by Gasteiger charge is -2.13. The highest BCUT2D eigenvalue weighted by Crippen LogP contribution is 2.00. The number of hydrogen-bond donors (Lipinski definition) is 1. The number of aryl methyl sites for hydroxylation is 1. The molecule has 4 heteroatoms. The van der Waals surface area contributed by atoms with Gasteiger partial charge in [0, 0.05) is 38.1 Å². The Hall–Kier alpha value is -1.13. The van der Waals surface area contributed by atoms with Crippen LogP contribution in [0.5, 0.6) is 0 Å². The molecule has 0 unspecified atom stereocenters.